The standard InChI is InChI=1S/C20H22O4/c1-22-13-12-19(23-15-17-8-4-2-5-9-17)20(14-21)24-16-18-10-6-3-7-11-18/h2-14,19-20H,15-16H2,1H3/b13-12+/t19-,20-/m1/s1. The Morgan fingerprint density at radius 2 is 1.33 bits per heavy atom. The molecule has 0 spiro atoms. The van der Waals surface area contributed by atoms with Crippen LogP contribution in [0.25, 0.3) is 0 Å². The fraction of sp³-hybridized carbons (Fsp3) is 0.250. The molecule has 2 aromatic carbocycles. The van der Waals surface area contributed by atoms with Crippen LogP contribution in [0.1, 0.15) is 11.1 Å². The van der Waals surface area contributed by atoms with Crippen molar-refractivity contribution in [1.82, 2.24) is 0 Å². The van der Waals surface area contributed by atoms with E-state index in [1.54, 1.807) is 13.2 Å². The Morgan fingerprint density at radius 3 is 1.79 bits per heavy atom. The van der Waals surface area contributed by atoms with Gasteiger partial charge in [-0.15, -0.1) is 0 Å². The van der Waals surface area contributed by atoms with E-state index in [2.05, 4.69) is 0 Å². The van der Waals surface area contributed by atoms with E-state index in [0.29, 0.717) is 13.2 Å². The van der Waals surface area contributed by atoms with Crippen molar-refractivity contribution in [1.29, 1.82) is 0 Å². The number of aldehydes is 1. The van der Waals surface area contributed by atoms with Crippen molar-refractivity contribution in [3.8, 4) is 0 Å². The third kappa shape index (κ3) is 5.99. The van der Waals surface area contributed by atoms with E-state index in [4.69, 9.17) is 14.2 Å². The van der Waals surface area contributed by atoms with E-state index in [-0.39, 0.29) is 0 Å². The Hall–Kier alpha value is -2.43. The highest BCUT2D eigenvalue weighted by atomic mass is 16.5. The molecule has 126 valence electrons. The third-order valence-corrected chi connectivity index (χ3v) is 3.43. The van der Waals surface area contributed by atoms with Crippen LogP contribution in [0, 0.1) is 0 Å². The van der Waals surface area contributed by atoms with Gasteiger partial charge in [0.25, 0.3) is 0 Å². The fourth-order valence-corrected chi connectivity index (χ4v) is 2.16. The van der Waals surface area contributed by atoms with Crippen LogP contribution in [-0.2, 0) is 32.2 Å². The largest absolute Gasteiger partial charge is 0.505 e. The van der Waals surface area contributed by atoms with Gasteiger partial charge in [0.2, 0.25) is 0 Å². The predicted molar refractivity (Wildman–Crippen MR) is 92.3 cm³/mol. The first-order chi connectivity index (χ1) is 11.8. The van der Waals surface area contributed by atoms with Crippen LogP contribution >= 0.6 is 0 Å². The molecule has 0 aliphatic rings. The molecule has 2 rings (SSSR count). The van der Waals surface area contributed by atoms with Crippen molar-refractivity contribution in [2.45, 2.75) is 25.4 Å². The lowest BCUT2D eigenvalue weighted by molar-refractivity contribution is -0.128. The topological polar surface area (TPSA) is 44.8 Å². The van der Waals surface area contributed by atoms with Gasteiger partial charge in [-0.2, -0.15) is 0 Å². The zero-order valence-corrected chi connectivity index (χ0v) is 13.7. The number of hydrogen-bond donors (Lipinski definition) is 0. The van der Waals surface area contributed by atoms with Crippen LogP contribution in [0.2, 0.25) is 0 Å². The van der Waals surface area contributed by atoms with Gasteiger partial charge in [0, 0.05) is 0 Å². The lowest BCUT2D eigenvalue weighted by atomic mass is 10.2. The highest BCUT2D eigenvalue weighted by molar-refractivity contribution is 5.57. The second-order valence-electron chi connectivity index (χ2n) is 5.22. The first-order valence-corrected chi connectivity index (χ1v) is 7.79. The molecular formula is C20H22O4. The summed E-state index contributed by atoms with van der Waals surface area (Å²) in [6.07, 6.45) is 2.72. The predicted octanol–water partition coefficient (Wildman–Crippen LogP) is 3.52. The minimum atomic E-state index is -0.708. The summed E-state index contributed by atoms with van der Waals surface area (Å²) in [6.45, 7) is 0.731. The van der Waals surface area contributed by atoms with Crippen LogP contribution in [-0.4, -0.2) is 25.6 Å². The molecule has 0 saturated heterocycles. The normalized spacial score (nSPS) is 13.5. The minimum absolute atomic E-state index is 0.344. The van der Waals surface area contributed by atoms with Gasteiger partial charge in [-0.1, -0.05) is 60.7 Å². The van der Waals surface area contributed by atoms with E-state index in [1.807, 2.05) is 60.7 Å². The van der Waals surface area contributed by atoms with Gasteiger partial charge in [-0.25, -0.2) is 0 Å². The molecule has 0 saturated carbocycles. The second kappa shape index (κ2) is 10.4. The summed E-state index contributed by atoms with van der Waals surface area (Å²) < 4.78 is 16.5. The number of methoxy groups -OCH3 is 1. The Balaban J connectivity index is 1.97. The number of carbonyl (C=O) groups is 1. The number of rotatable bonds is 10. The Bertz CT molecular complexity index is 610. The fourth-order valence-electron chi connectivity index (χ4n) is 2.16. The van der Waals surface area contributed by atoms with Crippen LogP contribution in [0.4, 0.5) is 0 Å². The Labute approximate surface area is 142 Å². The monoisotopic (exact) mass is 326 g/mol. The van der Waals surface area contributed by atoms with Gasteiger partial charge in [-0.3, -0.25) is 0 Å². The van der Waals surface area contributed by atoms with E-state index < -0.39 is 12.2 Å². The molecule has 24 heavy (non-hydrogen) atoms. The second-order valence-corrected chi connectivity index (χ2v) is 5.22. The summed E-state index contributed by atoms with van der Waals surface area (Å²) in [5.74, 6) is 0. The van der Waals surface area contributed by atoms with E-state index in [1.165, 1.54) is 6.26 Å². The maximum Gasteiger partial charge on any atom is 0.151 e. The van der Waals surface area contributed by atoms with Crippen molar-refractivity contribution in [3.05, 3.63) is 84.1 Å². The van der Waals surface area contributed by atoms with Crippen LogP contribution in [0.3, 0.4) is 0 Å². The van der Waals surface area contributed by atoms with E-state index in [9.17, 15) is 4.79 Å². The highest BCUT2D eigenvalue weighted by Crippen LogP contribution is 2.12. The molecule has 0 fully saturated rings. The lowest BCUT2D eigenvalue weighted by Gasteiger charge is -2.21. The molecule has 0 N–H and O–H groups in total. The Morgan fingerprint density at radius 1 is 0.833 bits per heavy atom. The molecule has 0 radical (unpaired) electrons. The molecule has 0 aliphatic heterocycles. The molecule has 2 atom stereocenters. The van der Waals surface area contributed by atoms with Gasteiger partial charge in [0.1, 0.15) is 12.2 Å². The lowest BCUT2D eigenvalue weighted by Crippen LogP contribution is -2.31. The summed E-state index contributed by atoms with van der Waals surface area (Å²) in [7, 11) is 1.55. The number of ether oxygens (including phenoxy) is 3. The van der Waals surface area contributed by atoms with E-state index >= 15 is 0 Å². The Kier molecular flexibility index (Phi) is 7.74. The van der Waals surface area contributed by atoms with Crippen LogP contribution < -0.4 is 0 Å². The molecule has 0 aromatic heterocycles. The van der Waals surface area contributed by atoms with E-state index in [0.717, 1.165) is 17.4 Å². The van der Waals surface area contributed by atoms with Gasteiger partial charge in [0.05, 0.1) is 26.6 Å². The summed E-state index contributed by atoms with van der Waals surface area (Å²) in [4.78, 5) is 11.5. The van der Waals surface area contributed by atoms with Crippen LogP contribution in [0.15, 0.2) is 73.0 Å². The number of hydrogen-bond acceptors (Lipinski definition) is 4. The average Bonchev–Trinajstić information content (AvgIpc) is 2.65. The quantitative estimate of drug-likeness (QED) is 0.495. The molecule has 0 unspecified atom stereocenters. The molecule has 4 heteroatoms. The SMILES string of the molecule is CO/C=C/[C@@H](OCc1ccccc1)[C@@H](C=O)OCc1ccccc1. The summed E-state index contributed by atoms with van der Waals surface area (Å²) in [5.41, 5.74) is 2.03. The molecule has 4 nitrogen and oxygen atoms in total. The van der Waals surface area contributed by atoms with Crippen molar-refractivity contribution in [3.63, 3.8) is 0 Å². The molecular weight excluding hydrogens is 304 g/mol. The summed E-state index contributed by atoms with van der Waals surface area (Å²) >= 11 is 0. The zero-order chi connectivity index (χ0) is 17.0. The first kappa shape index (κ1) is 17.9. The zero-order valence-electron chi connectivity index (χ0n) is 13.7. The van der Waals surface area contributed by atoms with Crippen molar-refractivity contribution in [2.24, 2.45) is 0 Å². The van der Waals surface area contributed by atoms with Gasteiger partial charge in [0.15, 0.2) is 6.29 Å². The molecule has 0 bridgehead atoms. The molecule has 2 aromatic rings. The summed E-state index contributed by atoms with van der Waals surface area (Å²) in [5, 5.41) is 0. The molecule has 0 amide bonds. The number of benzene rings is 2. The van der Waals surface area contributed by atoms with Gasteiger partial charge < -0.3 is 19.0 Å². The van der Waals surface area contributed by atoms with Crippen molar-refractivity contribution >= 4 is 6.29 Å². The molecule has 0 aliphatic carbocycles. The number of carbonyl (C=O) groups excluding carboxylic acids is 1. The third-order valence-electron chi connectivity index (χ3n) is 3.43. The van der Waals surface area contributed by atoms with Crippen molar-refractivity contribution in [2.75, 3.05) is 7.11 Å². The first-order valence-electron chi connectivity index (χ1n) is 7.79. The van der Waals surface area contributed by atoms with Gasteiger partial charge >= 0.3 is 0 Å². The summed E-state index contributed by atoms with van der Waals surface area (Å²) in [6, 6.07) is 19.5. The van der Waals surface area contributed by atoms with Crippen LogP contribution in [0.5, 0.6) is 0 Å². The highest BCUT2D eigenvalue weighted by Gasteiger charge is 2.20. The minimum Gasteiger partial charge on any atom is -0.505 e. The smallest absolute Gasteiger partial charge is 0.151 e. The van der Waals surface area contributed by atoms with Gasteiger partial charge in [-0.05, 0) is 17.2 Å². The van der Waals surface area contributed by atoms with Crippen molar-refractivity contribution < 1.29 is 19.0 Å². The molecule has 0 heterocycles. The average molecular weight is 326 g/mol. The maximum absolute atomic E-state index is 11.5. The maximum atomic E-state index is 11.5.